The van der Waals surface area contributed by atoms with Crippen molar-refractivity contribution < 1.29 is 5.11 Å². The lowest BCUT2D eigenvalue weighted by Gasteiger charge is -2.20. The third-order valence-electron chi connectivity index (χ3n) is 2.99. The molecule has 15 heavy (non-hydrogen) atoms. The summed E-state index contributed by atoms with van der Waals surface area (Å²) in [5.41, 5.74) is 1.32. The largest absolute Gasteiger partial charge is 0.392 e. The molecule has 2 rings (SSSR count). The molecule has 1 fully saturated rings. The van der Waals surface area contributed by atoms with Crippen LogP contribution in [0.5, 0.6) is 0 Å². The minimum absolute atomic E-state index is 0.0900. The van der Waals surface area contributed by atoms with Gasteiger partial charge in [0.2, 0.25) is 0 Å². The number of pyridine rings is 1. The fourth-order valence-electron chi connectivity index (χ4n) is 2.04. The smallest absolute Gasteiger partial charge is 0.128 e. The summed E-state index contributed by atoms with van der Waals surface area (Å²) in [5.74, 6) is 0.993. The Balaban J connectivity index is 2.16. The summed E-state index contributed by atoms with van der Waals surface area (Å²) in [4.78, 5) is 6.64. The molecule has 0 unspecified atom stereocenters. The molecule has 0 atom stereocenters. The quantitative estimate of drug-likeness (QED) is 0.801. The van der Waals surface area contributed by atoms with Crippen molar-refractivity contribution in [2.75, 3.05) is 18.0 Å². The van der Waals surface area contributed by atoms with E-state index in [9.17, 15) is 0 Å². The molecule has 0 saturated carbocycles. The van der Waals surface area contributed by atoms with Crippen molar-refractivity contribution in [2.24, 2.45) is 5.41 Å². The monoisotopic (exact) mass is 206 g/mol. The van der Waals surface area contributed by atoms with E-state index in [1.807, 2.05) is 12.1 Å². The average Bonchev–Trinajstić information content (AvgIpc) is 2.59. The summed E-state index contributed by atoms with van der Waals surface area (Å²) < 4.78 is 0. The molecule has 2 heterocycles. The molecule has 3 heteroatoms. The highest BCUT2D eigenvalue weighted by atomic mass is 16.3. The highest BCUT2D eigenvalue weighted by Gasteiger charge is 2.29. The van der Waals surface area contributed by atoms with Crippen molar-refractivity contribution in [3.8, 4) is 0 Å². The first-order valence-corrected chi connectivity index (χ1v) is 5.41. The molecule has 1 saturated heterocycles. The van der Waals surface area contributed by atoms with Crippen molar-refractivity contribution in [2.45, 2.75) is 26.9 Å². The molecule has 1 aromatic rings. The van der Waals surface area contributed by atoms with Crippen LogP contribution in [-0.4, -0.2) is 23.2 Å². The molecule has 0 aromatic carbocycles. The zero-order valence-electron chi connectivity index (χ0n) is 9.40. The molecule has 1 N–H and O–H groups in total. The van der Waals surface area contributed by atoms with Gasteiger partial charge in [-0.15, -0.1) is 0 Å². The molecule has 1 aromatic heterocycles. The second-order valence-electron chi connectivity index (χ2n) is 5.02. The molecule has 82 valence electrons. The molecule has 0 amide bonds. The van der Waals surface area contributed by atoms with E-state index >= 15 is 0 Å². The number of hydrogen-bond donors (Lipinski definition) is 1. The van der Waals surface area contributed by atoms with E-state index in [0.29, 0.717) is 5.41 Å². The maximum absolute atomic E-state index is 9.06. The standard InChI is InChI=1S/C12H18N2O/c1-12(2)4-6-14(9-12)11-7-10(8-15)3-5-13-11/h3,5,7,15H,4,6,8-9H2,1-2H3. The van der Waals surface area contributed by atoms with Crippen LogP contribution in [0.25, 0.3) is 0 Å². The number of aliphatic hydroxyl groups excluding tert-OH is 1. The van der Waals surface area contributed by atoms with E-state index in [-0.39, 0.29) is 6.61 Å². The van der Waals surface area contributed by atoms with Gasteiger partial charge in [0.25, 0.3) is 0 Å². The number of hydrogen-bond acceptors (Lipinski definition) is 3. The van der Waals surface area contributed by atoms with E-state index in [0.717, 1.165) is 24.5 Å². The van der Waals surface area contributed by atoms with Gasteiger partial charge in [0.1, 0.15) is 5.82 Å². The van der Waals surface area contributed by atoms with Crippen LogP contribution in [-0.2, 0) is 6.61 Å². The number of aromatic nitrogens is 1. The minimum Gasteiger partial charge on any atom is -0.392 e. The van der Waals surface area contributed by atoms with E-state index in [1.54, 1.807) is 6.20 Å². The van der Waals surface area contributed by atoms with Gasteiger partial charge in [-0.1, -0.05) is 13.8 Å². The number of rotatable bonds is 2. The molecular formula is C12H18N2O. The summed E-state index contributed by atoms with van der Waals surface area (Å²) >= 11 is 0. The minimum atomic E-state index is 0.0900. The van der Waals surface area contributed by atoms with Crippen molar-refractivity contribution in [1.29, 1.82) is 0 Å². The zero-order valence-corrected chi connectivity index (χ0v) is 9.40. The van der Waals surface area contributed by atoms with Gasteiger partial charge < -0.3 is 10.0 Å². The SMILES string of the molecule is CC1(C)CCN(c2cc(CO)ccn2)C1. The highest BCUT2D eigenvalue weighted by molar-refractivity contribution is 5.42. The summed E-state index contributed by atoms with van der Waals surface area (Å²) in [7, 11) is 0. The lowest BCUT2D eigenvalue weighted by molar-refractivity contribution is 0.281. The molecule has 1 aliphatic heterocycles. The van der Waals surface area contributed by atoms with Crippen LogP contribution in [0.1, 0.15) is 25.8 Å². The average molecular weight is 206 g/mol. The van der Waals surface area contributed by atoms with Crippen molar-refractivity contribution in [3.05, 3.63) is 23.9 Å². The van der Waals surface area contributed by atoms with Crippen molar-refractivity contribution in [3.63, 3.8) is 0 Å². The van der Waals surface area contributed by atoms with Gasteiger partial charge in [0, 0.05) is 19.3 Å². The molecule has 0 aliphatic carbocycles. The molecule has 0 radical (unpaired) electrons. The Morgan fingerprint density at radius 2 is 2.33 bits per heavy atom. The van der Waals surface area contributed by atoms with E-state index in [4.69, 9.17) is 5.11 Å². The second kappa shape index (κ2) is 3.81. The number of nitrogens with zero attached hydrogens (tertiary/aromatic N) is 2. The topological polar surface area (TPSA) is 36.4 Å². The Labute approximate surface area is 90.8 Å². The lowest BCUT2D eigenvalue weighted by atomic mass is 9.93. The number of aliphatic hydroxyl groups is 1. The van der Waals surface area contributed by atoms with Crippen molar-refractivity contribution >= 4 is 5.82 Å². The molecule has 1 aliphatic rings. The Morgan fingerprint density at radius 1 is 1.53 bits per heavy atom. The Hall–Kier alpha value is -1.09. The predicted molar refractivity (Wildman–Crippen MR) is 60.8 cm³/mol. The first kappa shape index (κ1) is 10.4. The van der Waals surface area contributed by atoms with Gasteiger partial charge in [-0.2, -0.15) is 0 Å². The van der Waals surface area contributed by atoms with Gasteiger partial charge in [-0.05, 0) is 29.5 Å². The molecule has 0 bridgehead atoms. The highest BCUT2D eigenvalue weighted by Crippen LogP contribution is 2.31. The normalized spacial score (nSPS) is 19.5. The summed E-state index contributed by atoms with van der Waals surface area (Å²) in [5, 5.41) is 9.06. The van der Waals surface area contributed by atoms with Crippen LogP contribution >= 0.6 is 0 Å². The van der Waals surface area contributed by atoms with Gasteiger partial charge in [0.05, 0.1) is 6.61 Å². The number of anilines is 1. The Bertz CT molecular complexity index is 349. The van der Waals surface area contributed by atoms with E-state index in [1.165, 1.54) is 6.42 Å². The molecule has 3 nitrogen and oxygen atoms in total. The van der Waals surface area contributed by atoms with Crippen LogP contribution in [0.15, 0.2) is 18.3 Å². The van der Waals surface area contributed by atoms with Crippen LogP contribution in [0.4, 0.5) is 5.82 Å². The molecular weight excluding hydrogens is 188 g/mol. The Kier molecular flexibility index (Phi) is 2.65. The van der Waals surface area contributed by atoms with Gasteiger partial charge in [-0.25, -0.2) is 4.98 Å². The van der Waals surface area contributed by atoms with Gasteiger partial charge in [0.15, 0.2) is 0 Å². The van der Waals surface area contributed by atoms with Crippen LogP contribution in [0.2, 0.25) is 0 Å². The fourth-order valence-corrected chi connectivity index (χ4v) is 2.04. The maximum atomic E-state index is 9.06. The first-order chi connectivity index (χ1) is 7.11. The summed E-state index contributed by atoms with van der Waals surface area (Å²) in [6.07, 6.45) is 2.98. The first-order valence-electron chi connectivity index (χ1n) is 5.41. The fraction of sp³-hybridized carbons (Fsp3) is 0.583. The van der Waals surface area contributed by atoms with Crippen LogP contribution < -0.4 is 4.90 Å². The van der Waals surface area contributed by atoms with E-state index in [2.05, 4.69) is 23.7 Å². The van der Waals surface area contributed by atoms with E-state index < -0.39 is 0 Å². The molecule has 0 spiro atoms. The third-order valence-corrected chi connectivity index (χ3v) is 2.99. The van der Waals surface area contributed by atoms with Gasteiger partial charge >= 0.3 is 0 Å². The van der Waals surface area contributed by atoms with Crippen molar-refractivity contribution in [1.82, 2.24) is 4.98 Å². The second-order valence-corrected chi connectivity index (χ2v) is 5.02. The van der Waals surface area contributed by atoms with Crippen LogP contribution in [0.3, 0.4) is 0 Å². The zero-order chi connectivity index (χ0) is 10.9. The van der Waals surface area contributed by atoms with Crippen LogP contribution in [0, 0.1) is 5.41 Å². The predicted octanol–water partition coefficient (Wildman–Crippen LogP) is 1.81. The summed E-state index contributed by atoms with van der Waals surface area (Å²) in [6.45, 7) is 6.77. The Morgan fingerprint density at radius 3 is 2.93 bits per heavy atom. The lowest BCUT2D eigenvalue weighted by Crippen LogP contribution is -2.23. The third kappa shape index (κ3) is 2.29. The van der Waals surface area contributed by atoms with Gasteiger partial charge in [-0.3, -0.25) is 0 Å². The summed E-state index contributed by atoms with van der Waals surface area (Å²) in [6, 6.07) is 3.83. The maximum Gasteiger partial charge on any atom is 0.128 e.